The number of nitrogens with zero attached hydrogens (tertiary/aromatic N) is 5. The molecule has 35 heavy (non-hydrogen) atoms. The van der Waals surface area contributed by atoms with Gasteiger partial charge in [0, 0.05) is 35.7 Å². The number of rotatable bonds is 6. The van der Waals surface area contributed by atoms with Crippen LogP contribution in [0.3, 0.4) is 0 Å². The fraction of sp³-hybridized carbons (Fsp3) is 0.348. The second kappa shape index (κ2) is 11.0. The second-order valence-electron chi connectivity index (χ2n) is 8.61. The topological polar surface area (TPSA) is 156 Å². The smallest absolute Gasteiger partial charge is 0.290 e. The molecule has 0 radical (unpaired) electrons. The molecule has 1 aromatic carbocycles. The number of amides is 1. The third-order valence-corrected chi connectivity index (χ3v) is 6.29. The van der Waals surface area contributed by atoms with Gasteiger partial charge in [0.05, 0.1) is 11.2 Å². The van der Waals surface area contributed by atoms with Crippen LogP contribution in [0.4, 0.5) is 10.9 Å². The molecule has 1 amide bonds. The van der Waals surface area contributed by atoms with Crippen LogP contribution in [0.15, 0.2) is 29.0 Å². The third kappa shape index (κ3) is 6.57. The maximum absolute atomic E-state index is 12.4. The van der Waals surface area contributed by atoms with Crippen LogP contribution in [0.2, 0.25) is 0 Å². The first-order valence-corrected chi connectivity index (χ1v) is 11.6. The molecule has 0 fully saturated rings. The Morgan fingerprint density at radius 1 is 1.20 bits per heavy atom. The van der Waals surface area contributed by atoms with Crippen LogP contribution in [0.5, 0.6) is 0 Å². The van der Waals surface area contributed by atoms with Crippen molar-refractivity contribution in [2.24, 2.45) is 0 Å². The number of carbonyl (C=O) groups is 2. The lowest BCUT2D eigenvalue weighted by Gasteiger charge is -2.16. The van der Waals surface area contributed by atoms with E-state index in [1.54, 1.807) is 6.92 Å². The molecule has 0 bridgehead atoms. The number of thiazole rings is 1. The number of nitrogens with one attached hydrogen (secondary N) is 2. The molecule has 11 nitrogen and oxygen atoms in total. The highest BCUT2D eigenvalue weighted by Crippen LogP contribution is 2.33. The molecule has 0 atom stereocenters. The molecule has 12 heteroatoms. The first kappa shape index (κ1) is 25.7. The Hall–Kier alpha value is -3.93. The van der Waals surface area contributed by atoms with E-state index in [4.69, 9.17) is 14.4 Å². The number of benzene rings is 1. The minimum atomic E-state index is -0.250. The van der Waals surface area contributed by atoms with Crippen molar-refractivity contribution in [1.82, 2.24) is 25.1 Å². The molecule has 0 unspecified atom stereocenters. The average molecular weight is 498 g/mol. The molecule has 3 heterocycles. The van der Waals surface area contributed by atoms with E-state index in [0.29, 0.717) is 29.2 Å². The standard InChI is InChI=1S/C22H25N7O2S.CH2O2/c1-12-18(22(3,4)5)32-21(26-12)28-17(30)8-9-23-20-15-10-14(19-27-13(2)31-29-19)6-7-16(15)24-11-25-20;2-1-3/h6-7,10-11H,8-9H2,1-5H3,(H,23,24,25)(H,26,28,30);1H,(H,2,3). The molecule has 4 aromatic rings. The van der Waals surface area contributed by atoms with E-state index in [9.17, 15) is 4.79 Å². The van der Waals surface area contributed by atoms with Crippen molar-refractivity contribution in [1.29, 1.82) is 0 Å². The van der Waals surface area contributed by atoms with Crippen LogP contribution in [0, 0.1) is 13.8 Å². The number of aryl methyl sites for hydroxylation is 2. The fourth-order valence-electron chi connectivity index (χ4n) is 3.38. The van der Waals surface area contributed by atoms with Gasteiger partial charge in [-0.15, -0.1) is 11.3 Å². The largest absolute Gasteiger partial charge is 0.483 e. The summed E-state index contributed by atoms with van der Waals surface area (Å²) in [5.41, 5.74) is 2.54. The monoisotopic (exact) mass is 497 g/mol. The lowest BCUT2D eigenvalue weighted by Crippen LogP contribution is -2.16. The van der Waals surface area contributed by atoms with Gasteiger partial charge in [0.1, 0.15) is 12.1 Å². The number of aromatic nitrogens is 5. The summed E-state index contributed by atoms with van der Waals surface area (Å²) in [6.45, 7) is 10.3. The van der Waals surface area contributed by atoms with Crippen LogP contribution >= 0.6 is 11.3 Å². The van der Waals surface area contributed by atoms with Gasteiger partial charge in [0.25, 0.3) is 6.47 Å². The Labute approximate surface area is 206 Å². The van der Waals surface area contributed by atoms with E-state index in [2.05, 4.69) is 56.5 Å². The van der Waals surface area contributed by atoms with E-state index in [-0.39, 0.29) is 24.2 Å². The SMILES string of the molecule is Cc1nc(-c2ccc3ncnc(NCCC(=O)Nc4nc(C)c(C(C)(C)C)s4)c3c2)no1.O=CO. The van der Waals surface area contributed by atoms with Crippen molar-refractivity contribution in [3.63, 3.8) is 0 Å². The van der Waals surface area contributed by atoms with Crippen LogP contribution in [-0.4, -0.2) is 49.1 Å². The Kier molecular flexibility index (Phi) is 8.07. The highest BCUT2D eigenvalue weighted by atomic mass is 32.1. The number of anilines is 2. The van der Waals surface area contributed by atoms with E-state index < -0.39 is 0 Å². The Morgan fingerprint density at radius 2 is 1.94 bits per heavy atom. The van der Waals surface area contributed by atoms with Gasteiger partial charge in [0.2, 0.25) is 17.6 Å². The van der Waals surface area contributed by atoms with Crippen molar-refractivity contribution in [3.8, 4) is 11.4 Å². The molecule has 0 aliphatic heterocycles. The molecule has 0 saturated carbocycles. The van der Waals surface area contributed by atoms with Crippen molar-refractivity contribution in [2.45, 2.75) is 46.5 Å². The summed E-state index contributed by atoms with van der Waals surface area (Å²) in [6, 6.07) is 5.68. The van der Waals surface area contributed by atoms with Crippen molar-refractivity contribution in [2.75, 3.05) is 17.2 Å². The van der Waals surface area contributed by atoms with Gasteiger partial charge in [-0.25, -0.2) is 15.0 Å². The van der Waals surface area contributed by atoms with Crippen LogP contribution in [0.1, 0.15) is 43.7 Å². The van der Waals surface area contributed by atoms with Crippen molar-refractivity contribution in [3.05, 3.63) is 41.0 Å². The van der Waals surface area contributed by atoms with E-state index in [1.165, 1.54) is 22.5 Å². The third-order valence-electron chi connectivity index (χ3n) is 4.79. The Balaban J connectivity index is 0.00000108. The highest BCUT2D eigenvalue weighted by Gasteiger charge is 2.21. The molecule has 184 valence electrons. The van der Waals surface area contributed by atoms with Gasteiger partial charge in [-0.1, -0.05) is 25.9 Å². The van der Waals surface area contributed by atoms with Gasteiger partial charge in [-0.2, -0.15) is 4.98 Å². The number of hydrogen-bond donors (Lipinski definition) is 3. The first-order chi connectivity index (χ1) is 16.6. The van der Waals surface area contributed by atoms with E-state index >= 15 is 0 Å². The van der Waals surface area contributed by atoms with Crippen LogP contribution < -0.4 is 10.6 Å². The number of carbonyl (C=O) groups excluding carboxylic acids is 1. The number of hydrogen-bond acceptors (Lipinski definition) is 10. The molecule has 4 rings (SSSR count). The van der Waals surface area contributed by atoms with Gasteiger partial charge >= 0.3 is 0 Å². The Morgan fingerprint density at radius 3 is 2.57 bits per heavy atom. The molecular weight excluding hydrogens is 470 g/mol. The Bertz CT molecular complexity index is 1330. The minimum absolute atomic E-state index is 0.000592. The molecule has 0 aliphatic rings. The van der Waals surface area contributed by atoms with E-state index in [1.807, 2.05) is 25.1 Å². The minimum Gasteiger partial charge on any atom is -0.483 e. The van der Waals surface area contributed by atoms with Gasteiger partial charge in [-0.05, 0) is 30.5 Å². The second-order valence-corrected chi connectivity index (χ2v) is 9.60. The maximum atomic E-state index is 12.4. The summed E-state index contributed by atoms with van der Waals surface area (Å²) in [7, 11) is 0. The lowest BCUT2D eigenvalue weighted by molar-refractivity contribution is -0.123. The van der Waals surface area contributed by atoms with Gasteiger partial charge in [-0.3, -0.25) is 9.59 Å². The molecule has 0 aliphatic carbocycles. The first-order valence-electron chi connectivity index (χ1n) is 10.8. The molecule has 0 spiro atoms. The lowest BCUT2D eigenvalue weighted by atomic mass is 9.94. The van der Waals surface area contributed by atoms with Crippen LogP contribution in [-0.2, 0) is 15.0 Å². The van der Waals surface area contributed by atoms with Crippen LogP contribution in [0.25, 0.3) is 22.3 Å². The summed E-state index contributed by atoms with van der Waals surface area (Å²) in [6.07, 6.45) is 1.77. The zero-order chi connectivity index (χ0) is 25.6. The predicted octanol–water partition coefficient (Wildman–Crippen LogP) is 4.19. The molecule has 3 aromatic heterocycles. The zero-order valence-corrected chi connectivity index (χ0v) is 20.9. The zero-order valence-electron chi connectivity index (χ0n) is 20.1. The van der Waals surface area contributed by atoms with Gasteiger partial charge in [0.15, 0.2) is 5.13 Å². The summed E-state index contributed by atoms with van der Waals surface area (Å²) in [5, 5.41) is 18.4. The summed E-state index contributed by atoms with van der Waals surface area (Å²) < 4.78 is 5.07. The maximum Gasteiger partial charge on any atom is 0.290 e. The number of fused-ring (bicyclic) bond motifs is 1. The molecule has 3 N–H and O–H groups in total. The quantitative estimate of drug-likeness (QED) is 0.330. The summed E-state index contributed by atoms with van der Waals surface area (Å²) in [5.74, 6) is 1.55. The predicted molar refractivity (Wildman–Crippen MR) is 134 cm³/mol. The normalized spacial score (nSPS) is 11.0. The fourth-order valence-corrected chi connectivity index (χ4v) is 4.42. The summed E-state index contributed by atoms with van der Waals surface area (Å²) in [4.78, 5) is 39.4. The van der Waals surface area contributed by atoms with Crippen molar-refractivity contribution >= 4 is 45.6 Å². The van der Waals surface area contributed by atoms with Gasteiger partial charge < -0.3 is 20.3 Å². The van der Waals surface area contributed by atoms with E-state index in [0.717, 1.165) is 22.2 Å². The molecular formula is C23H27N7O4S. The summed E-state index contributed by atoms with van der Waals surface area (Å²) >= 11 is 1.52. The average Bonchev–Trinajstić information content (AvgIpc) is 3.39. The number of carboxylic acid groups (broad SMARTS) is 1. The molecule has 0 saturated heterocycles. The highest BCUT2D eigenvalue weighted by molar-refractivity contribution is 7.16. The van der Waals surface area contributed by atoms with Crippen molar-refractivity contribution < 1.29 is 19.2 Å².